The lowest BCUT2D eigenvalue weighted by Crippen LogP contribution is -2.27. The van der Waals surface area contributed by atoms with Crippen molar-refractivity contribution in [2.24, 2.45) is 5.73 Å². The van der Waals surface area contributed by atoms with Gasteiger partial charge >= 0.3 is 0 Å². The third-order valence-corrected chi connectivity index (χ3v) is 2.96. The number of carbonyl (C=O) groups is 2. The lowest BCUT2D eigenvalue weighted by Gasteiger charge is -2.14. The zero-order chi connectivity index (χ0) is 14.5. The highest BCUT2D eigenvalue weighted by atomic mass is 16.2. The number of benzene rings is 1. The van der Waals surface area contributed by atoms with Crippen molar-refractivity contribution < 1.29 is 9.59 Å². The van der Waals surface area contributed by atoms with Crippen LogP contribution in [0.5, 0.6) is 0 Å². The highest BCUT2D eigenvalue weighted by Gasteiger charge is 2.12. The minimum absolute atomic E-state index is 0.150. The van der Waals surface area contributed by atoms with Crippen molar-refractivity contribution in [1.29, 1.82) is 0 Å². The van der Waals surface area contributed by atoms with Gasteiger partial charge in [-0.25, -0.2) is 0 Å². The molecule has 3 N–H and O–H groups in total. The second-order valence-corrected chi connectivity index (χ2v) is 4.42. The molecule has 102 valence electrons. The van der Waals surface area contributed by atoms with Gasteiger partial charge < -0.3 is 11.1 Å². The predicted molar refractivity (Wildman–Crippen MR) is 75.1 cm³/mol. The topological polar surface area (TPSA) is 85.1 Å². The number of pyridine rings is 1. The number of nitrogens with two attached hydrogens (primary N) is 1. The molecule has 0 aliphatic rings. The van der Waals surface area contributed by atoms with Gasteiger partial charge in [0.05, 0.1) is 6.04 Å². The first-order valence-electron chi connectivity index (χ1n) is 6.18. The molecular formula is C15H15N3O2. The highest BCUT2D eigenvalue weighted by Crippen LogP contribution is 2.12. The van der Waals surface area contributed by atoms with E-state index in [9.17, 15) is 9.59 Å². The van der Waals surface area contributed by atoms with Crippen LogP contribution in [-0.2, 0) is 0 Å². The summed E-state index contributed by atoms with van der Waals surface area (Å²) >= 11 is 0. The van der Waals surface area contributed by atoms with E-state index in [4.69, 9.17) is 5.73 Å². The molecule has 1 unspecified atom stereocenters. The molecule has 0 aliphatic carbocycles. The number of hydrogen-bond donors (Lipinski definition) is 2. The van der Waals surface area contributed by atoms with Crippen LogP contribution in [-0.4, -0.2) is 16.8 Å². The molecule has 0 radical (unpaired) electrons. The van der Waals surface area contributed by atoms with Crippen LogP contribution in [0.25, 0.3) is 0 Å². The molecule has 5 nitrogen and oxygen atoms in total. The van der Waals surface area contributed by atoms with Crippen molar-refractivity contribution in [3.63, 3.8) is 0 Å². The quantitative estimate of drug-likeness (QED) is 0.885. The zero-order valence-electron chi connectivity index (χ0n) is 11.0. The van der Waals surface area contributed by atoms with Gasteiger partial charge in [-0.2, -0.15) is 0 Å². The summed E-state index contributed by atoms with van der Waals surface area (Å²) < 4.78 is 0. The van der Waals surface area contributed by atoms with Crippen LogP contribution in [0, 0.1) is 0 Å². The molecule has 0 saturated carbocycles. The Morgan fingerprint density at radius 1 is 1.15 bits per heavy atom. The van der Waals surface area contributed by atoms with Gasteiger partial charge in [0.25, 0.3) is 5.91 Å². The van der Waals surface area contributed by atoms with Gasteiger partial charge in [0, 0.05) is 23.5 Å². The van der Waals surface area contributed by atoms with Crippen molar-refractivity contribution in [3.8, 4) is 0 Å². The molecule has 1 aromatic heterocycles. The average molecular weight is 269 g/mol. The third kappa shape index (κ3) is 3.20. The van der Waals surface area contributed by atoms with Gasteiger partial charge in [-0.1, -0.05) is 6.07 Å². The van der Waals surface area contributed by atoms with Crippen LogP contribution in [0.4, 0.5) is 0 Å². The second-order valence-electron chi connectivity index (χ2n) is 4.42. The maximum absolute atomic E-state index is 12.1. The summed E-state index contributed by atoms with van der Waals surface area (Å²) in [5, 5.41) is 2.86. The minimum Gasteiger partial charge on any atom is -0.366 e. The van der Waals surface area contributed by atoms with Gasteiger partial charge in [0.15, 0.2) is 0 Å². The largest absolute Gasteiger partial charge is 0.366 e. The summed E-state index contributed by atoms with van der Waals surface area (Å²) in [6.07, 6.45) is 3.34. The summed E-state index contributed by atoms with van der Waals surface area (Å²) in [5.41, 5.74) is 6.87. The molecule has 1 heterocycles. The Balaban J connectivity index is 2.12. The molecule has 2 rings (SSSR count). The number of primary amides is 1. The molecule has 1 atom stereocenters. The van der Waals surface area contributed by atoms with Gasteiger partial charge in [0.1, 0.15) is 0 Å². The van der Waals surface area contributed by atoms with E-state index in [-0.39, 0.29) is 11.9 Å². The fourth-order valence-electron chi connectivity index (χ4n) is 1.83. The van der Waals surface area contributed by atoms with E-state index < -0.39 is 5.91 Å². The third-order valence-electron chi connectivity index (χ3n) is 2.96. The molecule has 2 aromatic rings. The minimum atomic E-state index is -0.554. The van der Waals surface area contributed by atoms with Crippen molar-refractivity contribution in [2.75, 3.05) is 0 Å². The van der Waals surface area contributed by atoms with E-state index in [2.05, 4.69) is 10.3 Å². The molecule has 0 saturated heterocycles. The average Bonchev–Trinajstić information content (AvgIpc) is 2.48. The number of hydrogen-bond acceptors (Lipinski definition) is 3. The van der Waals surface area contributed by atoms with Crippen LogP contribution in [0.2, 0.25) is 0 Å². The number of nitrogens with zero attached hydrogens (tertiary/aromatic N) is 1. The van der Waals surface area contributed by atoms with Crippen molar-refractivity contribution in [3.05, 3.63) is 65.5 Å². The maximum atomic E-state index is 12.1. The summed E-state index contributed by atoms with van der Waals surface area (Å²) in [6, 6.07) is 9.85. The highest BCUT2D eigenvalue weighted by molar-refractivity contribution is 5.99. The van der Waals surface area contributed by atoms with E-state index in [0.29, 0.717) is 11.1 Å². The Bertz CT molecular complexity index is 626. The van der Waals surface area contributed by atoms with E-state index in [1.807, 2.05) is 19.1 Å². The van der Waals surface area contributed by atoms with Crippen LogP contribution in [0.3, 0.4) is 0 Å². The van der Waals surface area contributed by atoms with E-state index >= 15 is 0 Å². The van der Waals surface area contributed by atoms with Gasteiger partial charge in [-0.3, -0.25) is 14.6 Å². The van der Waals surface area contributed by atoms with Crippen molar-refractivity contribution in [2.45, 2.75) is 13.0 Å². The molecule has 0 aliphatic heterocycles. The lowest BCUT2D eigenvalue weighted by atomic mass is 10.1. The number of nitrogens with one attached hydrogen (secondary N) is 1. The van der Waals surface area contributed by atoms with Gasteiger partial charge in [-0.05, 0) is 42.8 Å². The Labute approximate surface area is 116 Å². The number of carbonyl (C=O) groups excluding carboxylic acids is 2. The Kier molecular flexibility index (Phi) is 4.10. The molecule has 2 amide bonds. The molecular weight excluding hydrogens is 254 g/mol. The van der Waals surface area contributed by atoms with Crippen LogP contribution in [0.15, 0.2) is 48.8 Å². The van der Waals surface area contributed by atoms with Gasteiger partial charge in [-0.15, -0.1) is 0 Å². The Hall–Kier alpha value is -2.69. The Morgan fingerprint density at radius 2 is 1.80 bits per heavy atom. The van der Waals surface area contributed by atoms with Crippen LogP contribution >= 0.6 is 0 Å². The summed E-state index contributed by atoms with van der Waals surface area (Å²) in [7, 11) is 0. The second kappa shape index (κ2) is 5.97. The van der Waals surface area contributed by atoms with E-state index in [1.54, 1.807) is 30.6 Å². The molecule has 0 bridgehead atoms. The van der Waals surface area contributed by atoms with Crippen LogP contribution < -0.4 is 11.1 Å². The first-order valence-corrected chi connectivity index (χ1v) is 6.18. The monoisotopic (exact) mass is 269 g/mol. The van der Waals surface area contributed by atoms with Gasteiger partial charge in [0.2, 0.25) is 5.91 Å². The molecule has 5 heteroatoms. The fraction of sp³-hybridized carbons (Fsp3) is 0.133. The van der Waals surface area contributed by atoms with Crippen molar-refractivity contribution in [1.82, 2.24) is 10.3 Å². The summed E-state index contributed by atoms with van der Waals surface area (Å²) in [4.78, 5) is 27.2. The molecule has 0 fully saturated rings. The first-order chi connectivity index (χ1) is 9.58. The SMILES string of the molecule is CC(NC(=O)c1cccc(C(N)=O)c1)c1ccncc1. The molecule has 0 spiro atoms. The van der Waals surface area contributed by atoms with Crippen LogP contribution in [0.1, 0.15) is 39.2 Å². The predicted octanol–water partition coefficient (Wildman–Crippen LogP) is 1.67. The Morgan fingerprint density at radius 3 is 2.45 bits per heavy atom. The fourth-order valence-corrected chi connectivity index (χ4v) is 1.83. The molecule has 20 heavy (non-hydrogen) atoms. The summed E-state index contributed by atoms with van der Waals surface area (Å²) in [6.45, 7) is 1.88. The number of amides is 2. The first kappa shape index (κ1) is 13.7. The van der Waals surface area contributed by atoms with E-state index in [0.717, 1.165) is 5.56 Å². The van der Waals surface area contributed by atoms with Crippen molar-refractivity contribution >= 4 is 11.8 Å². The number of aromatic nitrogens is 1. The summed E-state index contributed by atoms with van der Waals surface area (Å²) in [5.74, 6) is -0.806. The molecule has 1 aromatic carbocycles. The smallest absolute Gasteiger partial charge is 0.251 e. The normalized spacial score (nSPS) is 11.7. The van der Waals surface area contributed by atoms with E-state index in [1.165, 1.54) is 6.07 Å². The standard InChI is InChI=1S/C15H15N3O2/c1-10(11-5-7-17-8-6-11)18-15(20)13-4-2-3-12(9-13)14(16)19/h2-10H,1H3,(H2,16,19)(H,18,20). The zero-order valence-corrected chi connectivity index (χ0v) is 11.0. The number of rotatable bonds is 4. The lowest BCUT2D eigenvalue weighted by molar-refractivity contribution is 0.0940. The maximum Gasteiger partial charge on any atom is 0.251 e.